The van der Waals surface area contributed by atoms with Gasteiger partial charge in [-0.15, -0.1) is 0 Å². The zero-order chi connectivity index (χ0) is 15.0. The van der Waals surface area contributed by atoms with Crippen LogP contribution in [-0.4, -0.2) is 20.6 Å². The molecular formula is C16H20N2O3. The van der Waals surface area contributed by atoms with Crippen LogP contribution in [0.5, 0.6) is 0 Å². The normalized spacial score (nSPS) is 22.5. The van der Waals surface area contributed by atoms with Crippen molar-refractivity contribution in [3.05, 3.63) is 34.2 Å². The number of hydrogen-bond acceptors (Lipinski definition) is 2. The van der Waals surface area contributed by atoms with Gasteiger partial charge in [-0.05, 0) is 49.8 Å². The minimum Gasteiger partial charge on any atom is -0.478 e. The number of H-pyrrole nitrogens is 1. The second-order valence-corrected chi connectivity index (χ2v) is 5.92. The van der Waals surface area contributed by atoms with Gasteiger partial charge in [0.1, 0.15) is 0 Å². The number of rotatable bonds is 3. The Balaban J connectivity index is 1.97. The predicted molar refractivity (Wildman–Crippen MR) is 80.8 cm³/mol. The summed E-state index contributed by atoms with van der Waals surface area (Å²) in [6.07, 6.45) is 5.57. The van der Waals surface area contributed by atoms with Crippen LogP contribution in [-0.2, 0) is 0 Å². The van der Waals surface area contributed by atoms with Crippen LogP contribution in [0.4, 0.5) is 0 Å². The summed E-state index contributed by atoms with van der Waals surface area (Å²) in [6, 6.07) is 5.06. The molecular weight excluding hydrogens is 268 g/mol. The number of aromatic carboxylic acids is 1. The van der Waals surface area contributed by atoms with Gasteiger partial charge in [0.25, 0.3) is 0 Å². The van der Waals surface area contributed by atoms with Crippen LogP contribution in [0, 0.1) is 5.92 Å². The van der Waals surface area contributed by atoms with Gasteiger partial charge in [-0.3, -0.25) is 4.57 Å². The van der Waals surface area contributed by atoms with E-state index in [9.17, 15) is 9.59 Å². The molecule has 112 valence electrons. The molecule has 3 rings (SSSR count). The molecule has 2 N–H and O–H groups in total. The number of nitrogens with zero attached hydrogens (tertiary/aromatic N) is 1. The number of aromatic amines is 1. The third-order valence-electron chi connectivity index (χ3n) is 4.72. The van der Waals surface area contributed by atoms with E-state index in [0.717, 1.165) is 37.1 Å². The maximum Gasteiger partial charge on any atom is 0.335 e. The summed E-state index contributed by atoms with van der Waals surface area (Å²) in [5, 5.41) is 9.03. The highest BCUT2D eigenvalue weighted by Crippen LogP contribution is 2.34. The Morgan fingerprint density at radius 3 is 2.67 bits per heavy atom. The van der Waals surface area contributed by atoms with Crippen molar-refractivity contribution in [1.82, 2.24) is 9.55 Å². The molecule has 0 aliphatic heterocycles. The van der Waals surface area contributed by atoms with E-state index in [1.165, 1.54) is 12.5 Å². The van der Waals surface area contributed by atoms with Crippen molar-refractivity contribution >= 4 is 17.0 Å². The summed E-state index contributed by atoms with van der Waals surface area (Å²) < 4.78 is 1.81. The van der Waals surface area contributed by atoms with E-state index in [1.54, 1.807) is 12.1 Å². The van der Waals surface area contributed by atoms with Crippen molar-refractivity contribution in [2.24, 2.45) is 5.92 Å². The summed E-state index contributed by atoms with van der Waals surface area (Å²) in [4.78, 5) is 26.0. The Labute approximate surface area is 122 Å². The highest BCUT2D eigenvalue weighted by atomic mass is 16.4. The molecule has 1 saturated carbocycles. The number of hydrogen-bond donors (Lipinski definition) is 2. The van der Waals surface area contributed by atoms with Crippen LogP contribution in [0.2, 0.25) is 0 Å². The first-order valence-electron chi connectivity index (χ1n) is 7.57. The molecule has 1 aromatic heterocycles. The lowest BCUT2D eigenvalue weighted by molar-refractivity contribution is 0.0697. The fourth-order valence-corrected chi connectivity index (χ4v) is 3.44. The Kier molecular flexibility index (Phi) is 3.57. The smallest absolute Gasteiger partial charge is 0.335 e. The topological polar surface area (TPSA) is 75.1 Å². The van der Waals surface area contributed by atoms with E-state index in [2.05, 4.69) is 11.9 Å². The Morgan fingerprint density at radius 2 is 2.05 bits per heavy atom. The Bertz CT molecular complexity index is 721. The highest BCUT2D eigenvalue weighted by Gasteiger charge is 2.24. The van der Waals surface area contributed by atoms with E-state index in [-0.39, 0.29) is 17.3 Å². The zero-order valence-corrected chi connectivity index (χ0v) is 12.1. The fraction of sp³-hybridized carbons (Fsp3) is 0.500. The molecule has 0 amide bonds. The number of carboxylic acids is 1. The second kappa shape index (κ2) is 5.39. The van der Waals surface area contributed by atoms with Crippen LogP contribution in [0.25, 0.3) is 11.0 Å². The molecule has 1 aromatic carbocycles. The van der Waals surface area contributed by atoms with E-state index in [0.29, 0.717) is 5.52 Å². The van der Waals surface area contributed by atoms with E-state index in [4.69, 9.17) is 5.11 Å². The quantitative estimate of drug-likeness (QED) is 0.911. The highest BCUT2D eigenvalue weighted by molar-refractivity contribution is 5.92. The van der Waals surface area contributed by atoms with Gasteiger partial charge >= 0.3 is 11.7 Å². The molecule has 5 heteroatoms. The van der Waals surface area contributed by atoms with Crippen LogP contribution >= 0.6 is 0 Å². The zero-order valence-electron chi connectivity index (χ0n) is 12.1. The molecule has 0 bridgehead atoms. The number of imidazole rings is 1. The molecule has 1 heterocycles. The van der Waals surface area contributed by atoms with Crippen LogP contribution < -0.4 is 5.69 Å². The van der Waals surface area contributed by atoms with Crippen molar-refractivity contribution in [3.8, 4) is 0 Å². The first-order valence-corrected chi connectivity index (χ1v) is 7.57. The molecule has 0 spiro atoms. The number of fused-ring (bicyclic) bond motifs is 1. The van der Waals surface area contributed by atoms with Crippen molar-refractivity contribution in [3.63, 3.8) is 0 Å². The summed E-state index contributed by atoms with van der Waals surface area (Å²) in [5.74, 6) is -0.199. The maximum absolute atomic E-state index is 12.2. The average molecular weight is 288 g/mol. The van der Waals surface area contributed by atoms with Gasteiger partial charge in [-0.1, -0.05) is 13.3 Å². The van der Waals surface area contributed by atoms with Gasteiger partial charge in [0.2, 0.25) is 0 Å². The van der Waals surface area contributed by atoms with Gasteiger partial charge in [-0.25, -0.2) is 9.59 Å². The summed E-state index contributed by atoms with van der Waals surface area (Å²) in [6.45, 7) is 2.22. The predicted octanol–water partition coefficient (Wildman–Crippen LogP) is 3.17. The monoisotopic (exact) mass is 288 g/mol. The van der Waals surface area contributed by atoms with Crippen LogP contribution in [0.1, 0.15) is 55.4 Å². The van der Waals surface area contributed by atoms with Crippen molar-refractivity contribution in [2.45, 2.75) is 45.1 Å². The molecule has 0 atom stereocenters. The minimum absolute atomic E-state index is 0.132. The van der Waals surface area contributed by atoms with E-state index in [1.807, 2.05) is 4.57 Å². The summed E-state index contributed by atoms with van der Waals surface area (Å²) in [5.41, 5.74) is 1.49. The van der Waals surface area contributed by atoms with Gasteiger partial charge in [0.15, 0.2) is 0 Å². The van der Waals surface area contributed by atoms with Crippen molar-refractivity contribution in [2.75, 3.05) is 0 Å². The lowest BCUT2D eigenvalue weighted by Crippen LogP contribution is -2.26. The molecule has 1 aliphatic carbocycles. The standard InChI is InChI=1S/C16H20N2O3/c1-2-10-3-6-12(7-4-10)18-14-8-5-11(15(19)20)9-13(14)17-16(18)21/h5,8-10,12H,2-4,6-7H2,1H3,(H,17,21)(H,19,20). The molecule has 1 aliphatic rings. The van der Waals surface area contributed by atoms with Gasteiger partial charge in [0, 0.05) is 6.04 Å². The van der Waals surface area contributed by atoms with E-state index >= 15 is 0 Å². The van der Waals surface area contributed by atoms with Gasteiger partial charge < -0.3 is 10.1 Å². The molecule has 1 fully saturated rings. The SMILES string of the molecule is CCC1CCC(n2c(=O)[nH]c3cc(C(=O)O)ccc32)CC1. The molecule has 5 nitrogen and oxygen atoms in total. The largest absolute Gasteiger partial charge is 0.478 e. The number of carboxylic acid groups (broad SMARTS) is 1. The Morgan fingerprint density at radius 1 is 1.33 bits per heavy atom. The lowest BCUT2D eigenvalue weighted by atomic mass is 9.84. The molecule has 0 saturated heterocycles. The molecule has 21 heavy (non-hydrogen) atoms. The lowest BCUT2D eigenvalue weighted by Gasteiger charge is -2.28. The van der Waals surface area contributed by atoms with Gasteiger partial charge in [-0.2, -0.15) is 0 Å². The minimum atomic E-state index is -0.978. The molecule has 2 aromatic rings. The first-order chi connectivity index (χ1) is 10.1. The maximum atomic E-state index is 12.2. The van der Waals surface area contributed by atoms with Gasteiger partial charge in [0.05, 0.1) is 16.6 Å². The third-order valence-corrected chi connectivity index (χ3v) is 4.72. The number of carbonyl (C=O) groups is 1. The van der Waals surface area contributed by atoms with Crippen molar-refractivity contribution < 1.29 is 9.90 Å². The van der Waals surface area contributed by atoms with Crippen LogP contribution in [0.3, 0.4) is 0 Å². The molecule has 0 radical (unpaired) electrons. The summed E-state index contributed by atoms with van der Waals surface area (Å²) >= 11 is 0. The second-order valence-electron chi connectivity index (χ2n) is 5.92. The Hall–Kier alpha value is -2.04. The molecule has 0 unspecified atom stereocenters. The number of nitrogens with one attached hydrogen (secondary N) is 1. The first kappa shape index (κ1) is 13.9. The van der Waals surface area contributed by atoms with Crippen molar-refractivity contribution in [1.29, 1.82) is 0 Å². The third kappa shape index (κ3) is 2.48. The average Bonchev–Trinajstić information content (AvgIpc) is 2.82. The fourth-order valence-electron chi connectivity index (χ4n) is 3.44. The van der Waals surface area contributed by atoms with E-state index < -0.39 is 5.97 Å². The van der Waals surface area contributed by atoms with Crippen LogP contribution in [0.15, 0.2) is 23.0 Å². The number of benzene rings is 1. The summed E-state index contributed by atoms with van der Waals surface area (Å²) in [7, 11) is 0. The number of aromatic nitrogens is 2.